The van der Waals surface area contributed by atoms with Crippen molar-refractivity contribution in [2.75, 3.05) is 104 Å². The smallest absolute Gasteiger partial charge is 0.407 e. The van der Waals surface area contributed by atoms with Gasteiger partial charge in [0.2, 0.25) is 17.7 Å². The summed E-state index contributed by atoms with van der Waals surface area (Å²) >= 11 is 1.47. The maximum Gasteiger partial charge on any atom is 0.407 e. The number of unbranched alkanes of at least 4 members (excludes halogenated alkanes) is 1. The van der Waals surface area contributed by atoms with Gasteiger partial charge in [-0.05, 0) is 144 Å². The predicted octanol–water partition coefficient (Wildman–Crippen LogP) is 4.44. The third-order valence-electron chi connectivity index (χ3n) is 12.4. The number of hydrogen-bond donors (Lipinski definition) is 5. The highest BCUT2D eigenvalue weighted by molar-refractivity contribution is 7.98. The molecule has 2 aromatic rings. The summed E-state index contributed by atoms with van der Waals surface area (Å²) in [5.41, 5.74) is -1.27. The summed E-state index contributed by atoms with van der Waals surface area (Å²) in [6, 6.07) is 13.8. The molecule has 23 nitrogen and oxygen atoms in total. The Kier molecular flexibility index (Phi) is 30.8. The number of esters is 4. The van der Waals surface area contributed by atoms with Gasteiger partial charge in [0.05, 0.1) is 32.7 Å². The normalized spacial score (nSPS) is 15.3. The zero-order valence-electron chi connectivity index (χ0n) is 52.6. The molecule has 24 heteroatoms. The number of carbonyl (C=O) groups is 9. The molecule has 5 N–H and O–H groups in total. The molecular weight excluding hydrogens is 1110 g/mol. The Morgan fingerprint density at radius 1 is 0.518 bits per heavy atom. The molecule has 0 radical (unpaired) electrons. The van der Waals surface area contributed by atoms with Gasteiger partial charge in [-0.1, -0.05) is 42.5 Å². The molecule has 1 fully saturated rings. The Morgan fingerprint density at radius 3 is 1.48 bits per heavy atom. The van der Waals surface area contributed by atoms with Crippen LogP contribution in [0, 0.1) is 0 Å². The number of benzene rings is 2. The average Bonchev–Trinajstić information content (AvgIpc) is 3.53. The number of ether oxygens (including phenoxy) is 5. The van der Waals surface area contributed by atoms with Crippen LogP contribution in [-0.4, -0.2) is 211 Å². The number of alkyl carbamates (subject to hydrolysis) is 1. The first kappa shape index (κ1) is 72.9. The van der Waals surface area contributed by atoms with Gasteiger partial charge in [0.15, 0.2) is 0 Å². The van der Waals surface area contributed by atoms with Gasteiger partial charge in [-0.15, -0.1) is 0 Å². The van der Waals surface area contributed by atoms with Crippen LogP contribution in [-0.2, 0) is 70.4 Å². The summed E-state index contributed by atoms with van der Waals surface area (Å²) in [7, 11) is 0. The van der Waals surface area contributed by atoms with E-state index >= 15 is 0 Å². The Bertz CT molecular complexity index is 2430. The van der Waals surface area contributed by atoms with Crippen LogP contribution in [0.4, 0.5) is 4.79 Å². The van der Waals surface area contributed by atoms with Crippen molar-refractivity contribution in [2.45, 2.75) is 156 Å². The minimum absolute atomic E-state index is 0.00138. The molecule has 476 valence electrons. The van der Waals surface area contributed by atoms with E-state index in [-0.39, 0.29) is 70.2 Å². The van der Waals surface area contributed by atoms with Gasteiger partial charge in [0.1, 0.15) is 41.1 Å². The van der Waals surface area contributed by atoms with Crippen molar-refractivity contribution in [1.29, 1.82) is 0 Å². The lowest BCUT2D eigenvalue weighted by Crippen LogP contribution is -2.51. The van der Waals surface area contributed by atoms with Crippen molar-refractivity contribution in [3.05, 3.63) is 71.3 Å². The number of amides is 5. The summed E-state index contributed by atoms with van der Waals surface area (Å²) < 4.78 is 27.8. The summed E-state index contributed by atoms with van der Waals surface area (Å²) in [5.74, 6) is -3.50. The molecule has 1 aliphatic rings. The number of nitrogens with zero attached hydrogens (tertiary/aromatic N) is 4. The van der Waals surface area contributed by atoms with Crippen molar-refractivity contribution >= 4 is 65.4 Å². The average molecular weight is 1210 g/mol. The van der Waals surface area contributed by atoms with Gasteiger partial charge in [0, 0.05) is 71.0 Å². The van der Waals surface area contributed by atoms with E-state index in [0.29, 0.717) is 76.5 Å². The van der Waals surface area contributed by atoms with Gasteiger partial charge in [0.25, 0.3) is 5.91 Å². The van der Waals surface area contributed by atoms with E-state index < -0.39 is 88.7 Å². The monoisotopic (exact) mass is 1210 g/mol. The second-order valence-electron chi connectivity index (χ2n) is 25.0. The third kappa shape index (κ3) is 33.8. The lowest BCUT2D eigenvalue weighted by atomic mass is 10.1. The van der Waals surface area contributed by atoms with Crippen molar-refractivity contribution in [3.63, 3.8) is 0 Å². The van der Waals surface area contributed by atoms with E-state index in [1.165, 1.54) is 11.8 Å². The molecule has 5 amide bonds. The molecule has 85 heavy (non-hydrogen) atoms. The molecule has 0 saturated carbocycles. The fourth-order valence-corrected chi connectivity index (χ4v) is 8.98. The molecular formula is C61H97N9O14S. The summed E-state index contributed by atoms with van der Waals surface area (Å²) in [4.78, 5) is 127. The molecule has 0 spiro atoms. The molecule has 0 aliphatic carbocycles. The molecule has 1 aliphatic heterocycles. The van der Waals surface area contributed by atoms with E-state index in [0.717, 1.165) is 5.56 Å². The van der Waals surface area contributed by atoms with Gasteiger partial charge < -0.3 is 50.3 Å². The maximum absolute atomic E-state index is 13.8. The molecule has 2 atom stereocenters. The van der Waals surface area contributed by atoms with E-state index in [2.05, 4.69) is 26.6 Å². The van der Waals surface area contributed by atoms with Crippen molar-refractivity contribution < 1.29 is 66.8 Å². The van der Waals surface area contributed by atoms with E-state index in [1.807, 2.05) is 56.2 Å². The first-order chi connectivity index (χ1) is 39.7. The number of nitrogens with one attached hydrogen (secondary N) is 5. The van der Waals surface area contributed by atoms with Crippen LogP contribution in [0.2, 0.25) is 0 Å². The molecule has 2 aromatic carbocycles. The number of rotatable bonds is 27. The van der Waals surface area contributed by atoms with Gasteiger partial charge in [-0.3, -0.25) is 53.2 Å². The van der Waals surface area contributed by atoms with Crippen LogP contribution >= 0.6 is 11.8 Å². The first-order valence-corrected chi connectivity index (χ1v) is 30.6. The molecule has 3 rings (SSSR count). The van der Waals surface area contributed by atoms with Gasteiger partial charge in [-0.25, -0.2) is 9.59 Å². The van der Waals surface area contributed by atoms with E-state index in [1.54, 1.807) is 107 Å². The first-order valence-electron chi connectivity index (χ1n) is 29.2. The minimum Gasteiger partial charge on any atom is -0.459 e. The zero-order chi connectivity index (χ0) is 63.4. The lowest BCUT2D eigenvalue weighted by Gasteiger charge is -2.34. The molecule has 0 bridgehead atoms. The van der Waals surface area contributed by atoms with E-state index in [9.17, 15) is 43.2 Å². The number of hydrogen-bond acceptors (Lipinski definition) is 19. The summed E-state index contributed by atoms with van der Waals surface area (Å²) in [6.45, 7) is 24.2. The fourth-order valence-electron chi connectivity index (χ4n) is 8.50. The standard InChI is InChI=1S/C61H97N9O14S/c1-58(2,3)81-51(73)40-68-29-27-67(28-30-69(41-52(74)82-59(4,5)6)32-34-70(33-31-68)42-53(75)83-60(7,8)9)39-50(72)63-37-45-22-19-23-46(36-45)54(76)66-47(25-35-85-13)55(77)64-38-49(71)65-48(56(78)84-61(10,11)12)24-17-18-26-62-57(79)80-43-44-20-15-14-16-21-44/h14-16,19-23,36,47-48H,17-18,24-35,37-43H2,1-13H3,(H,62,79)(H,63,72)(H,64,77)(H,65,71)(H,66,76)/t47-,48-/m0/s1. The van der Waals surface area contributed by atoms with Crippen LogP contribution in [0.15, 0.2) is 54.6 Å². The van der Waals surface area contributed by atoms with Crippen LogP contribution in [0.25, 0.3) is 0 Å². The highest BCUT2D eigenvalue weighted by atomic mass is 32.2. The Balaban J connectivity index is 1.67. The lowest BCUT2D eigenvalue weighted by molar-refractivity contribution is -0.159. The number of thioether (sulfide) groups is 1. The Hall–Kier alpha value is -6.34. The topological polar surface area (TPSA) is 273 Å². The predicted molar refractivity (Wildman–Crippen MR) is 325 cm³/mol. The summed E-state index contributed by atoms with van der Waals surface area (Å²) in [6.07, 6.45) is 2.62. The molecule has 0 unspecified atom stereocenters. The van der Waals surface area contributed by atoms with Gasteiger partial charge >= 0.3 is 30.0 Å². The van der Waals surface area contributed by atoms with Crippen molar-refractivity contribution in [3.8, 4) is 0 Å². The van der Waals surface area contributed by atoms with Crippen LogP contribution in [0.5, 0.6) is 0 Å². The van der Waals surface area contributed by atoms with Crippen LogP contribution < -0.4 is 26.6 Å². The van der Waals surface area contributed by atoms with E-state index in [4.69, 9.17) is 23.7 Å². The zero-order valence-corrected chi connectivity index (χ0v) is 53.4. The Morgan fingerprint density at radius 2 is 1.00 bits per heavy atom. The second-order valence-corrected chi connectivity index (χ2v) is 26.0. The van der Waals surface area contributed by atoms with Crippen molar-refractivity contribution in [1.82, 2.24) is 46.2 Å². The van der Waals surface area contributed by atoms with Crippen molar-refractivity contribution in [2.24, 2.45) is 0 Å². The SMILES string of the molecule is CSCC[C@H](NC(=O)c1cccc(CNC(=O)CN2CCN(CC(=O)OC(C)(C)C)CCN(CC(=O)OC(C)(C)C)CCN(CC(=O)OC(C)(C)C)CC2)c1)C(=O)NCC(=O)N[C@@H](CCCCNC(=O)OCc1ccccc1)C(=O)OC(C)(C)C. The fraction of sp³-hybridized carbons (Fsp3) is 0.656. The maximum atomic E-state index is 13.8. The van der Waals surface area contributed by atoms with Crippen LogP contribution in [0.3, 0.4) is 0 Å². The highest BCUT2D eigenvalue weighted by Gasteiger charge is 2.30. The summed E-state index contributed by atoms with van der Waals surface area (Å²) in [5, 5.41) is 13.7. The second kappa shape index (κ2) is 36.0. The number of carbonyl (C=O) groups excluding carboxylic acids is 9. The minimum atomic E-state index is -1.04. The molecule has 0 aromatic heterocycles. The molecule has 1 heterocycles. The third-order valence-corrected chi connectivity index (χ3v) is 13.0. The van der Waals surface area contributed by atoms with Gasteiger partial charge in [-0.2, -0.15) is 11.8 Å². The molecule has 1 saturated heterocycles. The van der Waals surface area contributed by atoms with Crippen LogP contribution in [0.1, 0.15) is 130 Å². The Labute approximate surface area is 507 Å². The highest BCUT2D eigenvalue weighted by Crippen LogP contribution is 2.15. The largest absolute Gasteiger partial charge is 0.459 e. The quantitative estimate of drug-likeness (QED) is 0.0470.